The van der Waals surface area contributed by atoms with Gasteiger partial charge in [-0.3, -0.25) is 0 Å². The molecule has 110 valence electrons. The summed E-state index contributed by atoms with van der Waals surface area (Å²) in [6.07, 6.45) is 0. The molecule has 0 bridgehead atoms. The number of benzene rings is 2. The average molecular weight is 375 g/mol. The zero-order valence-electron chi connectivity index (χ0n) is 11.9. The van der Waals surface area contributed by atoms with Crippen molar-refractivity contribution < 1.29 is 0 Å². The Morgan fingerprint density at radius 1 is 1.14 bits per heavy atom. The zero-order chi connectivity index (χ0) is 15.3. The van der Waals surface area contributed by atoms with Crippen molar-refractivity contribution in [2.75, 3.05) is 0 Å². The Kier molecular flexibility index (Phi) is 3.31. The standard InChI is InChI=1S/C17H13BrClN3/c1-10(18)9-22-15-7-6-11(19)8-12(15)16-17(22)21-14-5-3-2-4-13(14)20-16/h2-8,10H,9H2,1H3. The fourth-order valence-corrected chi connectivity index (χ4v) is 3.31. The maximum atomic E-state index is 6.19. The molecular formula is C17H13BrClN3. The Labute approximate surface area is 141 Å². The smallest absolute Gasteiger partial charge is 0.160 e. The largest absolute Gasteiger partial charge is 0.323 e. The van der Waals surface area contributed by atoms with E-state index in [-0.39, 0.29) is 0 Å². The van der Waals surface area contributed by atoms with Crippen molar-refractivity contribution in [3.63, 3.8) is 0 Å². The van der Waals surface area contributed by atoms with Crippen LogP contribution in [-0.2, 0) is 6.54 Å². The van der Waals surface area contributed by atoms with Crippen LogP contribution >= 0.6 is 27.5 Å². The van der Waals surface area contributed by atoms with Crippen molar-refractivity contribution in [2.45, 2.75) is 18.3 Å². The molecule has 0 aliphatic heterocycles. The first-order valence-electron chi connectivity index (χ1n) is 7.12. The first-order valence-corrected chi connectivity index (χ1v) is 8.41. The summed E-state index contributed by atoms with van der Waals surface area (Å²) in [5.74, 6) is 0. The van der Waals surface area contributed by atoms with Crippen LogP contribution in [-0.4, -0.2) is 19.4 Å². The van der Waals surface area contributed by atoms with Crippen molar-refractivity contribution in [2.24, 2.45) is 0 Å². The van der Waals surface area contributed by atoms with Gasteiger partial charge in [0.15, 0.2) is 5.65 Å². The summed E-state index contributed by atoms with van der Waals surface area (Å²) in [5.41, 5.74) is 4.74. The van der Waals surface area contributed by atoms with Crippen LogP contribution in [0.3, 0.4) is 0 Å². The molecule has 0 saturated heterocycles. The molecule has 3 nitrogen and oxygen atoms in total. The minimum atomic E-state index is 0.343. The van der Waals surface area contributed by atoms with Gasteiger partial charge in [-0.15, -0.1) is 0 Å². The van der Waals surface area contributed by atoms with Gasteiger partial charge in [-0.2, -0.15) is 0 Å². The van der Waals surface area contributed by atoms with E-state index < -0.39 is 0 Å². The molecule has 0 N–H and O–H groups in total. The number of hydrogen-bond donors (Lipinski definition) is 0. The number of hydrogen-bond acceptors (Lipinski definition) is 2. The molecule has 1 atom stereocenters. The van der Waals surface area contributed by atoms with E-state index in [4.69, 9.17) is 21.6 Å². The fraction of sp³-hybridized carbons (Fsp3) is 0.176. The van der Waals surface area contributed by atoms with E-state index in [0.29, 0.717) is 9.85 Å². The molecule has 0 fully saturated rings. The second-order valence-corrected chi connectivity index (χ2v) is 7.44. The van der Waals surface area contributed by atoms with E-state index >= 15 is 0 Å². The number of nitrogens with zero attached hydrogens (tertiary/aromatic N) is 3. The Morgan fingerprint density at radius 3 is 2.59 bits per heavy atom. The van der Waals surface area contributed by atoms with Gasteiger partial charge >= 0.3 is 0 Å². The van der Waals surface area contributed by atoms with Crippen LogP contribution in [0.1, 0.15) is 6.92 Å². The van der Waals surface area contributed by atoms with Gasteiger partial charge in [0.2, 0.25) is 0 Å². The molecule has 5 heteroatoms. The topological polar surface area (TPSA) is 30.7 Å². The van der Waals surface area contributed by atoms with Gasteiger partial charge in [-0.1, -0.05) is 46.6 Å². The van der Waals surface area contributed by atoms with Gasteiger partial charge in [-0.05, 0) is 30.3 Å². The molecule has 0 amide bonds. The van der Waals surface area contributed by atoms with Crippen molar-refractivity contribution in [3.8, 4) is 0 Å². The SMILES string of the molecule is CC(Br)Cn1c2ccc(Cl)cc2c2nc3ccccc3nc21. The third-order valence-electron chi connectivity index (χ3n) is 3.75. The Hall–Kier alpha value is -1.65. The minimum absolute atomic E-state index is 0.343. The lowest BCUT2D eigenvalue weighted by molar-refractivity contribution is 0.741. The number of aromatic nitrogens is 3. The second-order valence-electron chi connectivity index (χ2n) is 5.44. The van der Waals surface area contributed by atoms with Crippen molar-refractivity contribution >= 4 is 60.6 Å². The van der Waals surface area contributed by atoms with Crippen LogP contribution in [0, 0.1) is 0 Å². The predicted octanol–water partition coefficient (Wildman–Crippen LogP) is 5.17. The predicted molar refractivity (Wildman–Crippen MR) is 95.9 cm³/mol. The fourth-order valence-electron chi connectivity index (χ4n) is 2.84. The maximum Gasteiger partial charge on any atom is 0.160 e. The molecule has 2 aromatic carbocycles. The molecule has 1 unspecified atom stereocenters. The minimum Gasteiger partial charge on any atom is -0.323 e. The van der Waals surface area contributed by atoms with Crippen LogP contribution in [0.4, 0.5) is 0 Å². The highest BCUT2D eigenvalue weighted by atomic mass is 79.9. The van der Waals surface area contributed by atoms with E-state index in [1.54, 1.807) is 0 Å². The Balaban J connectivity index is 2.18. The van der Waals surface area contributed by atoms with Gasteiger partial charge in [-0.25, -0.2) is 9.97 Å². The number of halogens is 2. The number of alkyl halides is 1. The highest BCUT2D eigenvalue weighted by molar-refractivity contribution is 9.09. The van der Waals surface area contributed by atoms with E-state index in [9.17, 15) is 0 Å². The van der Waals surface area contributed by atoms with E-state index in [1.165, 1.54) is 0 Å². The van der Waals surface area contributed by atoms with Gasteiger partial charge < -0.3 is 4.57 Å². The normalized spacial score (nSPS) is 13.2. The molecule has 0 aliphatic carbocycles. The number of fused-ring (bicyclic) bond motifs is 4. The molecule has 2 aromatic heterocycles. The van der Waals surface area contributed by atoms with Gasteiger partial charge in [0.1, 0.15) is 5.52 Å². The highest BCUT2D eigenvalue weighted by Gasteiger charge is 2.15. The molecule has 0 radical (unpaired) electrons. The summed E-state index contributed by atoms with van der Waals surface area (Å²) in [4.78, 5) is 9.99. The Bertz CT molecular complexity index is 1010. The molecule has 4 rings (SSSR count). The van der Waals surface area contributed by atoms with E-state index in [0.717, 1.165) is 39.6 Å². The monoisotopic (exact) mass is 373 g/mol. The average Bonchev–Trinajstić information content (AvgIpc) is 2.78. The van der Waals surface area contributed by atoms with Crippen LogP contribution in [0.2, 0.25) is 5.02 Å². The molecule has 22 heavy (non-hydrogen) atoms. The maximum absolute atomic E-state index is 6.19. The van der Waals surface area contributed by atoms with Crippen molar-refractivity contribution in [1.29, 1.82) is 0 Å². The summed E-state index contributed by atoms with van der Waals surface area (Å²) < 4.78 is 2.21. The Morgan fingerprint density at radius 2 is 1.86 bits per heavy atom. The summed E-state index contributed by atoms with van der Waals surface area (Å²) in [6, 6.07) is 13.9. The molecule has 0 aliphatic rings. The van der Waals surface area contributed by atoms with E-state index in [1.807, 2.05) is 42.5 Å². The second kappa shape index (κ2) is 5.21. The summed E-state index contributed by atoms with van der Waals surface area (Å²) >= 11 is 9.82. The van der Waals surface area contributed by atoms with E-state index in [2.05, 4.69) is 27.4 Å². The number of rotatable bonds is 2. The molecule has 4 aromatic rings. The van der Waals surface area contributed by atoms with Gasteiger partial charge in [0, 0.05) is 21.8 Å². The third kappa shape index (κ3) is 2.18. The lowest BCUT2D eigenvalue weighted by Gasteiger charge is -2.08. The third-order valence-corrected chi connectivity index (χ3v) is 4.27. The van der Waals surface area contributed by atoms with Crippen LogP contribution in [0.25, 0.3) is 33.1 Å². The van der Waals surface area contributed by atoms with Crippen LogP contribution < -0.4 is 0 Å². The molecular weight excluding hydrogens is 362 g/mol. The summed E-state index contributed by atoms with van der Waals surface area (Å²) in [7, 11) is 0. The first-order chi connectivity index (χ1) is 10.6. The molecule has 0 saturated carbocycles. The lowest BCUT2D eigenvalue weighted by atomic mass is 10.2. The van der Waals surface area contributed by atoms with Gasteiger partial charge in [0.05, 0.1) is 16.6 Å². The van der Waals surface area contributed by atoms with Crippen molar-refractivity contribution in [3.05, 3.63) is 47.5 Å². The van der Waals surface area contributed by atoms with Gasteiger partial charge in [0.25, 0.3) is 0 Å². The summed E-state index contributed by atoms with van der Waals surface area (Å²) in [5, 5.41) is 1.77. The summed E-state index contributed by atoms with van der Waals surface area (Å²) in [6.45, 7) is 2.96. The molecule has 0 spiro atoms. The zero-order valence-corrected chi connectivity index (χ0v) is 14.3. The molecule has 2 heterocycles. The number of para-hydroxylation sites is 2. The van der Waals surface area contributed by atoms with Crippen molar-refractivity contribution in [1.82, 2.24) is 14.5 Å². The van der Waals surface area contributed by atoms with Crippen LogP contribution in [0.15, 0.2) is 42.5 Å². The highest BCUT2D eigenvalue weighted by Crippen LogP contribution is 2.30. The quantitative estimate of drug-likeness (QED) is 0.453. The lowest BCUT2D eigenvalue weighted by Crippen LogP contribution is -2.06. The first kappa shape index (κ1) is 14.0. The van der Waals surface area contributed by atoms with Crippen LogP contribution in [0.5, 0.6) is 0 Å².